The summed E-state index contributed by atoms with van der Waals surface area (Å²) in [6.07, 6.45) is 4.89. The lowest BCUT2D eigenvalue weighted by atomic mass is 9.99. The fourth-order valence-corrected chi connectivity index (χ4v) is 3.68. The molecule has 146 valence electrons. The Hall–Kier alpha value is -3.47. The minimum Gasteiger partial charge on any atom is -0.478 e. The maximum Gasteiger partial charge on any atom is 0.336 e. The molecule has 0 aliphatic heterocycles. The molecular formula is C24H23N3O2. The Morgan fingerprint density at radius 2 is 1.83 bits per heavy atom. The summed E-state index contributed by atoms with van der Waals surface area (Å²) >= 11 is 0. The Morgan fingerprint density at radius 1 is 1.07 bits per heavy atom. The van der Waals surface area contributed by atoms with Crippen LogP contribution in [-0.4, -0.2) is 25.6 Å². The van der Waals surface area contributed by atoms with E-state index < -0.39 is 5.97 Å². The van der Waals surface area contributed by atoms with Crippen LogP contribution in [0.15, 0.2) is 60.8 Å². The lowest BCUT2D eigenvalue weighted by Gasteiger charge is -2.11. The highest BCUT2D eigenvalue weighted by Crippen LogP contribution is 2.28. The second-order valence-electron chi connectivity index (χ2n) is 7.13. The average Bonchev–Trinajstić information content (AvgIpc) is 3.12. The second-order valence-corrected chi connectivity index (χ2v) is 7.13. The van der Waals surface area contributed by atoms with Crippen LogP contribution in [-0.2, 0) is 6.42 Å². The zero-order chi connectivity index (χ0) is 20.4. The summed E-state index contributed by atoms with van der Waals surface area (Å²) in [5, 5.41) is 9.48. The largest absolute Gasteiger partial charge is 0.478 e. The normalized spacial score (nSPS) is 11.1. The zero-order valence-corrected chi connectivity index (χ0v) is 16.6. The van der Waals surface area contributed by atoms with Crippen LogP contribution in [0.3, 0.4) is 0 Å². The number of hydrogen-bond acceptors (Lipinski definition) is 3. The summed E-state index contributed by atoms with van der Waals surface area (Å²) in [7, 11) is 0. The molecule has 4 rings (SSSR count). The van der Waals surface area contributed by atoms with Crippen molar-refractivity contribution in [2.45, 2.75) is 33.1 Å². The van der Waals surface area contributed by atoms with E-state index in [4.69, 9.17) is 4.98 Å². The van der Waals surface area contributed by atoms with Crippen molar-refractivity contribution in [3.8, 4) is 16.8 Å². The molecule has 0 unspecified atom stereocenters. The molecule has 0 radical (unpaired) electrons. The number of unbranched alkanes of at least 4 members (excludes halogenated alkanes) is 1. The molecule has 0 saturated carbocycles. The summed E-state index contributed by atoms with van der Waals surface area (Å²) in [5.74, 6) is 0.103. The maximum absolute atomic E-state index is 11.6. The smallest absolute Gasteiger partial charge is 0.336 e. The average molecular weight is 385 g/mol. The standard InChI is InChI=1S/C24H23N3O2/c1-3-4-9-22-26-23-16(2)25-15-14-21(23)27(22)18-12-10-17(11-13-18)19-7-5-6-8-20(19)24(28)29/h5-8,10-15H,3-4,9H2,1-2H3,(H,28,29). The molecule has 2 aromatic heterocycles. The first kappa shape index (κ1) is 18.9. The third-order valence-corrected chi connectivity index (χ3v) is 5.17. The van der Waals surface area contributed by atoms with E-state index in [2.05, 4.69) is 16.5 Å². The number of rotatable bonds is 6. The molecule has 29 heavy (non-hydrogen) atoms. The van der Waals surface area contributed by atoms with E-state index in [0.717, 1.165) is 53.1 Å². The summed E-state index contributed by atoms with van der Waals surface area (Å²) in [5.41, 5.74) is 5.81. The monoisotopic (exact) mass is 385 g/mol. The van der Waals surface area contributed by atoms with Gasteiger partial charge in [0, 0.05) is 18.3 Å². The Kier molecular flexibility index (Phi) is 5.12. The first-order chi connectivity index (χ1) is 14.1. The number of pyridine rings is 1. The molecule has 0 amide bonds. The van der Waals surface area contributed by atoms with Crippen molar-refractivity contribution in [1.82, 2.24) is 14.5 Å². The van der Waals surface area contributed by atoms with E-state index in [9.17, 15) is 9.90 Å². The van der Waals surface area contributed by atoms with Crippen molar-refractivity contribution in [3.05, 3.63) is 77.9 Å². The number of hydrogen-bond donors (Lipinski definition) is 1. The van der Waals surface area contributed by atoms with Crippen molar-refractivity contribution in [1.29, 1.82) is 0 Å². The van der Waals surface area contributed by atoms with Crippen LogP contribution in [0.2, 0.25) is 0 Å². The number of aromatic carboxylic acids is 1. The number of aromatic nitrogens is 3. The second kappa shape index (κ2) is 7.87. The summed E-state index contributed by atoms with van der Waals surface area (Å²) in [4.78, 5) is 20.8. The number of carboxylic acid groups (broad SMARTS) is 1. The van der Waals surface area contributed by atoms with Crippen LogP contribution in [0.4, 0.5) is 0 Å². The molecule has 0 aliphatic rings. The Bertz CT molecular complexity index is 1180. The van der Waals surface area contributed by atoms with Gasteiger partial charge < -0.3 is 5.11 Å². The number of imidazole rings is 1. The third-order valence-electron chi connectivity index (χ3n) is 5.17. The molecule has 2 aromatic carbocycles. The molecule has 0 spiro atoms. The fraction of sp³-hybridized carbons (Fsp3) is 0.208. The number of fused-ring (bicyclic) bond motifs is 1. The van der Waals surface area contributed by atoms with Crippen LogP contribution in [0.5, 0.6) is 0 Å². The SMILES string of the molecule is CCCCc1nc2c(C)nccc2n1-c1ccc(-c2ccccc2C(=O)O)cc1. The van der Waals surface area contributed by atoms with Crippen molar-refractivity contribution in [2.75, 3.05) is 0 Å². The first-order valence-corrected chi connectivity index (χ1v) is 9.86. The third kappa shape index (κ3) is 3.51. The van der Waals surface area contributed by atoms with Crippen molar-refractivity contribution in [3.63, 3.8) is 0 Å². The molecule has 5 heteroatoms. The van der Waals surface area contributed by atoms with E-state index in [-0.39, 0.29) is 0 Å². The molecule has 4 aromatic rings. The van der Waals surface area contributed by atoms with E-state index in [1.54, 1.807) is 12.1 Å². The lowest BCUT2D eigenvalue weighted by Crippen LogP contribution is -2.02. The summed E-state index contributed by atoms with van der Waals surface area (Å²) in [6, 6.07) is 17.1. The van der Waals surface area contributed by atoms with Gasteiger partial charge in [-0.25, -0.2) is 9.78 Å². The van der Waals surface area contributed by atoms with E-state index in [1.165, 1.54) is 0 Å². The van der Waals surface area contributed by atoms with Crippen molar-refractivity contribution >= 4 is 17.0 Å². The fourth-order valence-electron chi connectivity index (χ4n) is 3.68. The molecule has 2 heterocycles. The van der Waals surface area contributed by atoms with Crippen LogP contribution in [0, 0.1) is 6.92 Å². The molecule has 0 bridgehead atoms. The minimum atomic E-state index is -0.921. The van der Waals surface area contributed by atoms with Gasteiger partial charge in [0.1, 0.15) is 11.3 Å². The summed E-state index contributed by atoms with van der Waals surface area (Å²) in [6.45, 7) is 4.16. The van der Waals surface area contributed by atoms with Gasteiger partial charge in [0.25, 0.3) is 0 Å². The van der Waals surface area contributed by atoms with Gasteiger partial charge in [0.2, 0.25) is 0 Å². The quantitative estimate of drug-likeness (QED) is 0.480. The highest BCUT2D eigenvalue weighted by Gasteiger charge is 2.15. The summed E-state index contributed by atoms with van der Waals surface area (Å²) < 4.78 is 2.19. The first-order valence-electron chi connectivity index (χ1n) is 9.86. The van der Waals surface area contributed by atoms with Gasteiger partial charge in [-0.1, -0.05) is 43.7 Å². The van der Waals surface area contributed by atoms with Gasteiger partial charge in [-0.2, -0.15) is 0 Å². The van der Waals surface area contributed by atoms with Gasteiger partial charge >= 0.3 is 5.97 Å². The number of nitrogens with zero attached hydrogens (tertiary/aromatic N) is 3. The number of carboxylic acids is 1. The molecule has 0 atom stereocenters. The van der Waals surface area contributed by atoms with Gasteiger partial charge in [-0.05, 0) is 48.7 Å². The van der Waals surface area contributed by atoms with Crippen LogP contribution < -0.4 is 0 Å². The van der Waals surface area contributed by atoms with Gasteiger partial charge in [-0.15, -0.1) is 0 Å². The highest BCUT2D eigenvalue weighted by molar-refractivity contribution is 5.96. The van der Waals surface area contributed by atoms with Crippen LogP contribution in [0.25, 0.3) is 27.8 Å². The van der Waals surface area contributed by atoms with Gasteiger partial charge in [0.05, 0.1) is 16.8 Å². The number of carbonyl (C=O) groups is 1. The Labute approximate surface area is 169 Å². The molecule has 5 nitrogen and oxygen atoms in total. The van der Waals surface area contributed by atoms with Gasteiger partial charge in [-0.3, -0.25) is 9.55 Å². The Morgan fingerprint density at radius 3 is 2.55 bits per heavy atom. The molecule has 1 N–H and O–H groups in total. The van der Waals surface area contributed by atoms with E-state index in [1.807, 2.05) is 55.6 Å². The van der Waals surface area contributed by atoms with Crippen molar-refractivity contribution < 1.29 is 9.90 Å². The molecule has 0 aliphatic carbocycles. The van der Waals surface area contributed by atoms with Crippen LogP contribution >= 0.6 is 0 Å². The molecule has 0 saturated heterocycles. The minimum absolute atomic E-state index is 0.304. The Balaban J connectivity index is 1.81. The topological polar surface area (TPSA) is 68.0 Å². The van der Waals surface area contributed by atoms with Crippen LogP contribution in [0.1, 0.15) is 41.6 Å². The lowest BCUT2D eigenvalue weighted by molar-refractivity contribution is 0.0697. The maximum atomic E-state index is 11.6. The van der Waals surface area contributed by atoms with E-state index >= 15 is 0 Å². The zero-order valence-electron chi connectivity index (χ0n) is 16.6. The van der Waals surface area contributed by atoms with Gasteiger partial charge in [0.15, 0.2) is 0 Å². The molecule has 0 fully saturated rings. The van der Waals surface area contributed by atoms with E-state index in [0.29, 0.717) is 11.1 Å². The number of aryl methyl sites for hydroxylation is 2. The number of benzene rings is 2. The predicted molar refractivity (Wildman–Crippen MR) is 115 cm³/mol. The van der Waals surface area contributed by atoms with Crippen molar-refractivity contribution in [2.24, 2.45) is 0 Å². The predicted octanol–water partition coefficient (Wildman–Crippen LogP) is 5.44. The molecular weight excluding hydrogens is 362 g/mol. The highest BCUT2D eigenvalue weighted by atomic mass is 16.4.